The molecule has 0 radical (unpaired) electrons. The van der Waals surface area contributed by atoms with Crippen LogP contribution >= 0.6 is 11.3 Å². The summed E-state index contributed by atoms with van der Waals surface area (Å²) in [6, 6.07) is -0.325. The highest BCUT2D eigenvalue weighted by molar-refractivity contribution is 7.11. The molecule has 0 atom stereocenters. The summed E-state index contributed by atoms with van der Waals surface area (Å²) in [5.41, 5.74) is 1.02. The summed E-state index contributed by atoms with van der Waals surface area (Å²) in [6.45, 7) is 9.12. The van der Waals surface area contributed by atoms with Gasteiger partial charge in [-0.1, -0.05) is 13.8 Å². The van der Waals surface area contributed by atoms with E-state index in [0.717, 1.165) is 17.1 Å². The Morgan fingerprint density at radius 2 is 1.90 bits per heavy atom. The summed E-state index contributed by atoms with van der Waals surface area (Å²) in [4.78, 5) is 28.5. The maximum atomic E-state index is 11.6. The van der Waals surface area contributed by atoms with Crippen LogP contribution in [0.3, 0.4) is 0 Å². The third-order valence-electron chi connectivity index (χ3n) is 2.75. The summed E-state index contributed by atoms with van der Waals surface area (Å²) >= 11 is 1.65. The predicted molar refractivity (Wildman–Crippen MR) is 84.5 cm³/mol. The SMILES string of the molecule is Cc1nc(C)c(CCNC(=O)NCC(=O)NCC(C)C)s1. The quantitative estimate of drug-likeness (QED) is 0.711. The molecule has 118 valence electrons. The molecule has 1 aromatic rings. The van der Waals surface area contributed by atoms with Crippen molar-refractivity contribution in [2.45, 2.75) is 34.1 Å². The van der Waals surface area contributed by atoms with Gasteiger partial charge in [0.1, 0.15) is 0 Å². The van der Waals surface area contributed by atoms with E-state index in [1.807, 2.05) is 27.7 Å². The Hall–Kier alpha value is -1.63. The largest absolute Gasteiger partial charge is 0.354 e. The molecule has 0 aromatic carbocycles. The van der Waals surface area contributed by atoms with Gasteiger partial charge < -0.3 is 16.0 Å². The van der Waals surface area contributed by atoms with Crippen molar-refractivity contribution in [1.29, 1.82) is 0 Å². The number of rotatable bonds is 7. The minimum Gasteiger partial charge on any atom is -0.354 e. The lowest BCUT2D eigenvalue weighted by Gasteiger charge is -2.09. The highest BCUT2D eigenvalue weighted by Crippen LogP contribution is 2.16. The summed E-state index contributed by atoms with van der Waals surface area (Å²) in [5.74, 6) is 0.224. The van der Waals surface area contributed by atoms with Gasteiger partial charge in [-0.25, -0.2) is 9.78 Å². The fourth-order valence-corrected chi connectivity index (χ4v) is 2.64. The molecule has 0 aliphatic heterocycles. The van der Waals surface area contributed by atoms with Crippen molar-refractivity contribution in [3.8, 4) is 0 Å². The second kappa shape index (κ2) is 8.61. The average Bonchev–Trinajstić information content (AvgIpc) is 2.72. The lowest BCUT2D eigenvalue weighted by molar-refractivity contribution is -0.120. The Bertz CT molecular complexity index is 485. The fourth-order valence-electron chi connectivity index (χ4n) is 1.70. The van der Waals surface area contributed by atoms with E-state index in [9.17, 15) is 9.59 Å². The van der Waals surface area contributed by atoms with Crippen molar-refractivity contribution >= 4 is 23.3 Å². The molecule has 0 saturated heterocycles. The molecule has 6 nitrogen and oxygen atoms in total. The van der Waals surface area contributed by atoms with Gasteiger partial charge >= 0.3 is 6.03 Å². The Morgan fingerprint density at radius 1 is 1.19 bits per heavy atom. The third-order valence-corrected chi connectivity index (χ3v) is 3.89. The minimum absolute atomic E-state index is 0.00273. The Balaban J connectivity index is 2.17. The molecule has 7 heteroatoms. The standard InChI is InChI=1S/C14H24N4O2S/c1-9(2)7-16-13(19)8-17-14(20)15-6-5-12-10(3)18-11(4)21-12/h9H,5-8H2,1-4H3,(H,16,19)(H2,15,17,20). The van der Waals surface area contributed by atoms with E-state index in [0.29, 0.717) is 19.0 Å². The van der Waals surface area contributed by atoms with Crippen LogP contribution in [0.1, 0.15) is 29.4 Å². The van der Waals surface area contributed by atoms with Crippen molar-refractivity contribution in [3.63, 3.8) is 0 Å². The molecule has 0 unspecified atom stereocenters. The summed E-state index contributed by atoms with van der Waals surface area (Å²) in [7, 11) is 0. The third kappa shape index (κ3) is 7.08. The van der Waals surface area contributed by atoms with Crippen molar-refractivity contribution in [3.05, 3.63) is 15.6 Å². The smallest absolute Gasteiger partial charge is 0.315 e. The number of thiazole rings is 1. The number of hydrogen-bond donors (Lipinski definition) is 3. The van der Waals surface area contributed by atoms with Crippen LogP contribution in [0.25, 0.3) is 0 Å². The van der Waals surface area contributed by atoms with Gasteiger partial charge in [0.25, 0.3) is 0 Å². The molecular weight excluding hydrogens is 288 g/mol. The Morgan fingerprint density at radius 3 is 2.48 bits per heavy atom. The molecule has 1 aromatic heterocycles. The fraction of sp³-hybridized carbons (Fsp3) is 0.643. The molecule has 3 N–H and O–H groups in total. The first-order chi connectivity index (χ1) is 9.88. The van der Waals surface area contributed by atoms with E-state index in [1.165, 1.54) is 4.88 Å². The number of nitrogens with one attached hydrogen (secondary N) is 3. The lowest BCUT2D eigenvalue weighted by atomic mass is 10.2. The topological polar surface area (TPSA) is 83.1 Å². The first-order valence-corrected chi connectivity index (χ1v) is 7.91. The van der Waals surface area contributed by atoms with Crippen molar-refractivity contribution < 1.29 is 9.59 Å². The van der Waals surface area contributed by atoms with E-state index < -0.39 is 0 Å². The van der Waals surface area contributed by atoms with Crippen LogP contribution in [0, 0.1) is 19.8 Å². The van der Waals surface area contributed by atoms with Gasteiger partial charge in [0.2, 0.25) is 5.91 Å². The molecule has 0 saturated carbocycles. The zero-order valence-electron chi connectivity index (χ0n) is 13.1. The van der Waals surface area contributed by atoms with Crippen LogP contribution in [0.15, 0.2) is 0 Å². The predicted octanol–water partition coefficient (Wildman–Crippen LogP) is 1.37. The van der Waals surface area contributed by atoms with Crippen LogP contribution in [-0.4, -0.2) is 36.6 Å². The first kappa shape index (κ1) is 17.4. The van der Waals surface area contributed by atoms with Gasteiger partial charge in [-0.05, 0) is 19.8 Å². The number of carbonyl (C=O) groups excluding carboxylic acids is 2. The highest BCUT2D eigenvalue weighted by Gasteiger charge is 2.07. The second-order valence-electron chi connectivity index (χ2n) is 5.30. The zero-order valence-corrected chi connectivity index (χ0v) is 13.9. The van der Waals surface area contributed by atoms with E-state index in [2.05, 4.69) is 20.9 Å². The summed E-state index contributed by atoms with van der Waals surface area (Å²) in [5, 5.41) is 9.05. The van der Waals surface area contributed by atoms with Crippen LogP contribution in [0.2, 0.25) is 0 Å². The molecule has 0 aliphatic rings. The van der Waals surface area contributed by atoms with E-state index in [1.54, 1.807) is 11.3 Å². The minimum atomic E-state index is -0.325. The van der Waals surface area contributed by atoms with Crippen LogP contribution in [-0.2, 0) is 11.2 Å². The normalized spacial score (nSPS) is 10.5. The Labute approximate surface area is 129 Å². The van der Waals surface area contributed by atoms with Crippen LogP contribution in [0.5, 0.6) is 0 Å². The molecule has 21 heavy (non-hydrogen) atoms. The van der Waals surface area contributed by atoms with Gasteiger partial charge in [-0.15, -0.1) is 11.3 Å². The van der Waals surface area contributed by atoms with E-state index in [-0.39, 0.29) is 18.5 Å². The first-order valence-electron chi connectivity index (χ1n) is 7.09. The van der Waals surface area contributed by atoms with Gasteiger partial charge in [0.15, 0.2) is 0 Å². The maximum absolute atomic E-state index is 11.6. The van der Waals surface area contributed by atoms with Crippen molar-refractivity contribution in [2.75, 3.05) is 19.6 Å². The van der Waals surface area contributed by atoms with Gasteiger partial charge in [0.05, 0.1) is 17.2 Å². The van der Waals surface area contributed by atoms with Crippen LogP contribution in [0.4, 0.5) is 4.79 Å². The number of nitrogens with zero attached hydrogens (tertiary/aromatic N) is 1. The summed E-state index contributed by atoms with van der Waals surface area (Å²) < 4.78 is 0. The number of carbonyl (C=O) groups is 2. The number of urea groups is 1. The molecular formula is C14H24N4O2S. The van der Waals surface area contributed by atoms with E-state index in [4.69, 9.17) is 0 Å². The molecule has 0 bridgehead atoms. The van der Waals surface area contributed by atoms with Crippen molar-refractivity contribution in [2.24, 2.45) is 5.92 Å². The summed E-state index contributed by atoms with van der Waals surface area (Å²) in [6.07, 6.45) is 0.754. The number of aryl methyl sites for hydroxylation is 2. The maximum Gasteiger partial charge on any atom is 0.315 e. The number of hydrogen-bond acceptors (Lipinski definition) is 4. The van der Waals surface area contributed by atoms with Crippen LogP contribution < -0.4 is 16.0 Å². The second-order valence-corrected chi connectivity index (χ2v) is 6.59. The highest BCUT2D eigenvalue weighted by atomic mass is 32.1. The molecule has 1 heterocycles. The van der Waals surface area contributed by atoms with Gasteiger partial charge in [-0.3, -0.25) is 4.79 Å². The Kier molecular flexibility index (Phi) is 7.14. The van der Waals surface area contributed by atoms with Gasteiger partial charge in [-0.2, -0.15) is 0 Å². The number of amides is 3. The molecule has 0 fully saturated rings. The zero-order chi connectivity index (χ0) is 15.8. The van der Waals surface area contributed by atoms with E-state index >= 15 is 0 Å². The number of aromatic nitrogens is 1. The van der Waals surface area contributed by atoms with Crippen molar-refractivity contribution in [1.82, 2.24) is 20.9 Å². The molecule has 0 spiro atoms. The molecule has 0 aliphatic carbocycles. The average molecular weight is 312 g/mol. The molecule has 3 amide bonds. The van der Waals surface area contributed by atoms with Gasteiger partial charge in [0, 0.05) is 24.4 Å². The molecule has 1 rings (SSSR count). The lowest BCUT2D eigenvalue weighted by Crippen LogP contribution is -2.43. The monoisotopic (exact) mass is 312 g/mol.